The highest BCUT2D eigenvalue weighted by Crippen LogP contribution is 2.16. The second-order valence-corrected chi connectivity index (χ2v) is 17.1. The third-order valence-corrected chi connectivity index (χ3v) is 11.4. The maximum absolute atomic E-state index is 12.7. The molecule has 0 bridgehead atoms. The van der Waals surface area contributed by atoms with Crippen LogP contribution in [0.25, 0.3) is 0 Å². The minimum absolute atomic E-state index is 0.0622. The Bertz CT molecular complexity index is 828. The van der Waals surface area contributed by atoms with E-state index in [1.807, 2.05) is 0 Å². The van der Waals surface area contributed by atoms with E-state index in [0.717, 1.165) is 57.8 Å². The van der Waals surface area contributed by atoms with Crippen molar-refractivity contribution in [2.75, 3.05) is 13.2 Å². The van der Waals surface area contributed by atoms with E-state index in [-0.39, 0.29) is 31.1 Å². The molecule has 0 rings (SSSR count). The Morgan fingerprint density at radius 3 is 0.714 bits per heavy atom. The van der Waals surface area contributed by atoms with Gasteiger partial charge in [0.2, 0.25) is 0 Å². The topological polar surface area (TPSA) is 78.9 Å². The molecule has 0 fully saturated rings. The minimum atomic E-state index is -0.758. The summed E-state index contributed by atoms with van der Waals surface area (Å²) in [4.78, 5) is 37.8. The fourth-order valence-corrected chi connectivity index (χ4v) is 7.56. The molecule has 332 valence electrons. The predicted octanol–water partition coefficient (Wildman–Crippen LogP) is 16.0. The van der Waals surface area contributed by atoms with Gasteiger partial charge in [-0.25, -0.2) is 0 Å². The molecule has 0 amide bonds. The molecule has 0 aromatic carbocycles. The molecule has 0 unspecified atom stereocenters. The maximum atomic E-state index is 12.7. The van der Waals surface area contributed by atoms with E-state index in [1.165, 1.54) is 186 Å². The first-order valence-corrected chi connectivity index (χ1v) is 25.0. The van der Waals surface area contributed by atoms with E-state index in [2.05, 4.69) is 20.8 Å². The predicted molar refractivity (Wildman–Crippen MR) is 238 cm³/mol. The van der Waals surface area contributed by atoms with Crippen LogP contribution in [0.1, 0.15) is 284 Å². The molecule has 0 aromatic rings. The molecule has 1 atom stereocenters. The van der Waals surface area contributed by atoms with Gasteiger partial charge in [0.25, 0.3) is 0 Å². The van der Waals surface area contributed by atoms with Crippen LogP contribution in [0.3, 0.4) is 0 Å². The van der Waals surface area contributed by atoms with Crippen molar-refractivity contribution in [3.05, 3.63) is 0 Å². The quantitative estimate of drug-likeness (QED) is 0.0347. The van der Waals surface area contributed by atoms with Gasteiger partial charge in [-0.2, -0.15) is 0 Å². The zero-order valence-electron chi connectivity index (χ0n) is 37.9. The summed E-state index contributed by atoms with van der Waals surface area (Å²) < 4.78 is 16.8. The summed E-state index contributed by atoms with van der Waals surface area (Å²) in [7, 11) is 0. The molecule has 0 aliphatic carbocycles. The molecule has 0 aliphatic heterocycles. The Morgan fingerprint density at radius 2 is 0.482 bits per heavy atom. The van der Waals surface area contributed by atoms with Crippen molar-refractivity contribution in [3.8, 4) is 0 Å². The van der Waals surface area contributed by atoms with Crippen molar-refractivity contribution in [2.45, 2.75) is 290 Å². The molecule has 0 N–H and O–H groups in total. The van der Waals surface area contributed by atoms with Crippen LogP contribution >= 0.6 is 0 Å². The highest BCUT2D eigenvalue weighted by Gasteiger charge is 2.19. The van der Waals surface area contributed by atoms with E-state index in [1.54, 1.807) is 0 Å². The van der Waals surface area contributed by atoms with Crippen LogP contribution in [0.4, 0.5) is 0 Å². The molecular formula is C50H96O6. The number of esters is 3. The third-order valence-electron chi connectivity index (χ3n) is 11.4. The van der Waals surface area contributed by atoms with Crippen molar-refractivity contribution in [2.24, 2.45) is 0 Å². The van der Waals surface area contributed by atoms with Crippen molar-refractivity contribution in [1.82, 2.24) is 0 Å². The number of carbonyl (C=O) groups is 3. The molecule has 6 nitrogen and oxygen atoms in total. The zero-order valence-corrected chi connectivity index (χ0v) is 37.9. The molecule has 0 saturated heterocycles. The van der Waals surface area contributed by atoms with Gasteiger partial charge in [0.1, 0.15) is 13.2 Å². The Morgan fingerprint density at radius 1 is 0.286 bits per heavy atom. The average molecular weight is 793 g/mol. The Balaban J connectivity index is 4.24. The molecule has 0 heterocycles. The number of unbranched alkanes of at least 4 members (excludes halogenated alkanes) is 35. The Kier molecular flexibility index (Phi) is 44.8. The minimum Gasteiger partial charge on any atom is -0.462 e. The summed E-state index contributed by atoms with van der Waals surface area (Å²) in [5.41, 5.74) is 0. The number of carbonyl (C=O) groups excluding carboxylic acids is 3. The summed E-state index contributed by atoms with van der Waals surface area (Å²) in [6.45, 7) is 6.65. The highest BCUT2D eigenvalue weighted by molar-refractivity contribution is 5.71. The van der Waals surface area contributed by atoms with Gasteiger partial charge >= 0.3 is 17.9 Å². The smallest absolute Gasteiger partial charge is 0.306 e. The Hall–Kier alpha value is -1.59. The molecule has 56 heavy (non-hydrogen) atoms. The van der Waals surface area contributed by atoms with Crippen LogP contribution in [-0.2, 0) is 28.6 Å². The van der Waals surface area contributed by atoms with Crippen LogP contribution in [0.5, 0.6) is 0 Å². The first-order valence-electron chi connectivity index (χ1n) is 25.0. The van der Waals surface area contributed by atoms with E-state index in [9.17, 15) is 14.4 Å². The molecule has 0 spiro atoms. The maximum Gasteiger partial charge on any atom is 0.306 e. The fraction of sp³-hybridized carbons (Fsp3) is 0.940. The lowest BCUT2D eigenvalue weighted by molar-refractivity contribution is -0.167. The number of hydrogen-bond acceptors (Lipinski definition) is 6. The van der Waals surface area contributed by atoms with Gasteiger partial charge in [0.15, 0.2) is 6.10 Å². The molecule has 0 aliphatic rings. The first kappa shape index (κ1) is 54.4. The van der Waals surface area contributed by atoms with E-state index in [0.29, 0.717) is 19.3 Å². The second-order valence-electron chi connectivity index (χ2n) is 17.1. The summed E-state index contributed by atoms with van der Waals surface area (Å²) in [6, 6.07) is 0. The number of ether oxygens (including phenoxy) is 3. The van der Waals surface area contributed by atoms with Gasteiger partial charge < -0.3 is 14.2 Å². The van der Waals surface area contributed by atoms with Gasteiger partial charge in [-0.3, -0.25) is 14.4 Å². The van der Waals surface area contributed by atoms with Gasteiger partial charge in [0.05, 0.1) is 0 Å². The monoisotopic (exact) mass is 793 g/mol. The summed E-state index contributed by atoms with van der Waals surface area (Å²) in [6.07, 6.45) is 48.0. The highest BCUT2D eigenvalue weighted by atomic mass is 16.6. The van der Waals surface area contributed by atoms with Crippen LogP contribution in [0, 0.1) is 0 Å². The van der Waals surface area contributed by atoms with E-state index >= 15 is 0 Å². The first-order chi connectivity index (χ1) is 27.5. The lowest BCUT2D eigenvalue weighted by Crippen LogP contribution is -2.30. The normalized spacial score (nSPS) is 11.8. The average Bonchev–Trinajstić information content (AvgIpc) is 3.19. The summed E-state index contributed by atoms with van der Waals surface area (Å²) >= 11 is 0. The van der Waals surface area contributed by atoms with Crippen LogP contribution in [0.15, 0.2) is 0 Å². The van der Waals surface area contributed by atoms with Gasteiger partial charge in [-0.05, 0) is 19.3 Å². The van der Waals surface area contributed by atoms with Crippen molar-refractivity contribution >= 4 is 17.9 Å². The van der Waals surface area contributed by atoms with Gasteiger partial charge in [-0.1, -0.05) is 245 Å². The molecule has 6 heteroatoms. The summed E-state index contributed by atoms with van der Waals surface area (Å²) in [5, 5.41) is 0. The fourth-order valence-electron chi connectivity index (χ4n) is 7.56. The third kappa shape index (κ3) is 43.5. The van der Waals surface area contributed by atoms with E-state index in [4.69, 9.17) is 14.2 Å². The SMILES string of the molecule is CCCCCCCCCCCCCCCCCCCC(=O)OC[C@@H](COC(=O)CCCCCCCCCCCCC)OC(=O)CCCCCCCCCCCC. The zero-order chi connectivity index (χ0) is 40.8. The van der Waals surface area contributed by atoms with Crippen LogP contribution in [0.2, 0.25) is 0 Å². The standard InChI is InChI=1S/C50H96O6/c1-4-7-10-13-16-19-22-23-24-25-26-27-29-32-34-37-40-43-49(52)55-46-47(56-50(53)44-41-38-35-30-21-18-15-12-9-6-3)45-54-48(51)42-39-36-33-31-28-20-17-14-11-8-5-2/h47H,4-46H2,1-3H3/t47-/m1/s1. The number of rotatable bonds is 46. The lowest BCUT2D eigenvalue weighted by Gasteiger charge is -2.18. The van der Waals surface area contributed by atoms with Crippen molar-refractivity contribution in [3.63, 3.8) is 0 Å². The van der Waals surface area contributed by atoms with Crippen molar-refractivity contribution < 1.29 is 28.6 Å². The lowest BCUT2D eigenvalue weighted by atomic mass is 10.0. The van der Waals surface area contributed by atoms with Crippen LogP contribution < -0.4 is 0 Å². The molecule has 0 radical (unpaired) electrons. The van der Waals surface area contributed by atoms with Gasteiger partial charge in [0, 0.05) is 19.3 Å². The molecule has 0 aromatic heterocycles. The second kappa shape index (κ2) is 46.1. The largest absolute Gasteiger partial charge is 0.462 e. The molecule has 0 saturated carbocycles. The van der Waals surface area contributed by atoms with Gasteiger partial charge in [-0.15, -0.1) is 0 Å². The van der Waals surface area contributed by atoms with E-state index < -0.39 is 6.10 Å². The summed E-state index contributed by atoms with van der Waals surface area (Å²) in [5.74, 6) is -0.847. The van der Waals surface area contributed by atoms with Crippen LogP contribution in [-0.4, -0.2) is 37.2 Å². The van der Waals surface area contributed by atoms with Crippen molar-refractivity contribution in [1.29, 1.82) is 0 Å². The molecular weight excluding hydrogens is 697 g/mol. The Labute approximate surface area is 348 Å². The number of hydrogen-bond donors (Lipinski definition) is 0.